The molecule has 0 saturated carbocycles. The molecule has 8 heteroatoms. The zero-order chi connectivity index (χ0) is 21.6. The van der Waals surface area contributed by atoms with Gasteiger partial charge in [-0.15, -0.1) is 0 Å². The van der Waals surface area contributed by atoms with E-state index in [2.05, 4.69) is 21.2 Å². The number of anilines is 1. The molecule has 148 valence electrons. The van der Waals surface area contributed by atoms with E-state index in [1.807, 2.05) is 0 Å². The number of hydrogen-bond donors (Lipinski definition) is 2. The molecular weight excluding hydrogens is 474 g/mol. The van der Waals surface area contributed by atoms with Crippen LogP contribution in [0.25, 0.3) is 0 Å². The summed E-state index contributed by atoms with van der Waals surface area (Å²) in [4.78, 5) is 51.0. The highest BCUT2D eigenvalue weighted by Crippen LogP contribution is 2.39. The first-order chi connectivity index (χ1) is 14.3. The summed E-state index contributed by atoms with van der Waals surface area (Å²) in [7, 11) is 0. The molecule has 2 N–H and O–H groups in total. The van der Waals surface area contributed by atoms with Gasteiger partial charge in [0.05, 0.1) is 33.0 Å². The first-order valence-corrected chi connectivity index (χ1v) is 9.82. The minimum atomic E-state index is -1.37. The predicted octanol–water partition coefficient (Wildman–Crippen LogP) is 4.83. The van der Waals surface area contributed by atoms with Crippen molar-refractivity contribution < 1.29 is 24.3 Å². The van der Waals surface area contributed by atoms with Gasteiger partial charge in [0.2, 0.25) is 0 Å². The monoisotopic (exact) mass is 483 g/mol. The third kappa shape index (κ3) is 3.12. The van der Waals surface area contributed by atoms with Gasteiger partial charge in [-0.1, -0.05) is 48.0 Å². The van der Waals surface area contributed by atoms with Gasteiger partial charge < -0.3 is 10.4 Å². The number of nitrogens with one attached hydrogen (secondary N) is 1. The van der Waals surface area contributed by atoms with Crippen LogP contribution in [0.2, 0.25) is 5.02 Å². The number of hydrogen-bond acceptors (Lipinski definition) is 4. The van der Waals surface area contributed by atoms with Crippen molar-refractivity contribution in [3.63, 3.8) is 0 Å². The van der Waals surface area contributed by atoms with Crippen molar-refractivity contribution in [2.45, 2.75) is 0 Å². The highest BCUT2D eigenvalue weighted by molar-refractivity contribution is 9.10. The zero-order valence-electron chi connectivity index (χ0n) is 15.0. The molecule has 0 aliphatic heterocycles. The number of fused-ring (bicyclic) bond motifs is 2. The quantitative estimate of drug-likeness (QED) is 0.434. The van der Waals surface area contributed by atoms with Crippen molar-refractivity contribution in [2.75, 3.05) is 5.32 Å². The van der Waals surface area contributed by atoms with Crippen molar-refractivity contribution in [3.05, 3.63) is 97.5 Å². The summed E-state index contributed by atoms with van der Waals surface area (Å²) in [5.41, 5.74) is -0.314. The van der Waals surface area contributed by atoms with Gasteiger partial charge in [-0.05, 0) is 34.1 Å². The minimum absolute atomic E-state index is 0.00170. The van der Waals surface area contributed by atoms with Gasteiger partial charge >= 0.3 is 5.97 Å². The first-order valence-electron chi connectivity index (χ1n) is 8.65. The molecule has 3 aromatic rings. The van der Waals surface area contributed by atoms with Crippen LogP contribution in [0, 0.1) is 0 Å². The molecule has 1 aliphatic carbocycles. The van der Waals surface area contributed by atoms with Gasteiger partial charge in [-0.3, -0.25) is 14.4 Å². The third-order valence-corrected chi connectivity index (χ3v) is 5.69. The number of halogens is 2. The van der Waals surface area contributed by atoms with Crippen molar-refractivity contribution in [3.8, 4) is 0 Å². The standard InChI is InChI=1S/C22H11BrClNO5/c23-14-9-13(22(29)30)18(25-21(28)12-7-3-4-8-15(12)24)17-16(14)19(26)10-5-1-2-6-11(10)20(17)27/h1-9H,(H,25,28)(H,29,30). The fraction of sp³-hybridized carbons (Fsp3) is 0. The second-order valence-electron chi connectivity index (χ2n) is 6.47. The zero-order valence-corrected chi connectivity index (χ0v) is 17.4. The number of carboxylic acid groups (broad SMARTS) is 1. The molecule has 0 radical (unpaired) electrons. The van der Waals surface area contributed by atoms with Crippen LogP contribution in [-0.2, 0) is 0 Å². The Bertz CT molecular complexity index is 1280. The van der Waals surface area contributed by atoms with Gasteiger partial charge in [0.15, 0.2) is 11.6 Å². The first kappa shape index (κ1) is 20.0. The molecule has 0 unspecified atom stereocenters. The topological polar surface area (TPSA) is 101 Å². The summed E-state index contributed by atoms with van der Waals surface area (Å²) in [5, 5.41) is 12.3. The SMILES string of the molecule is O=C(Nc1c(C(=O)O)cc(Br)c2c1C(=O)c1ccccc1C2=O)c1ccccc1Cl. The maximum atomic E-state index is 13.2. The van der Waals surface area contributed by atoms with Crippen LogP contribution in [0.3, 0.4) is 0 Å². The van der Waals surface area contributed by atoms with Gasteiger partial charge in [0, 0.05) is 15.6 Å². The van der Waals surface area contributed by atoms with Crippen LogP contribution < -0.4 is 5.32 Å². The van der Waals surface area contributed by atoms with Gasteiger partial charge in [0.25, 0.3) is 5.91 Å². The third-order valence-electron chi connectivity index (χ3n) is 4.74. The highest BCUT2D eigenvalue weighted by Gasteiger charge is 2.36. The summed E-state index contributed by atoms with van der Waals surface area (Å²) in [6.07, 6.45) is 0. The molecule has 0 atom stereocenters. The molecule has 0 bridgehead atoms. The molecule has 30 heavy (non-hydrogen) atoms. The second-order valence-corrected chi connectivity index (χ2v) is 7.74. The second kappa shape index (κ2) is 7.51. The average molecular weight is 485 g/mol. The number of amides is 1. The van der Waals surface area contributed by atoms with E-state index in [1.165, 1.54) is 30.3 Å². The molecule has 0 aromatic heterocycles. The molecule has 4 rings (SSSR count). The lowest BCUT2D eigenvalue weighted by Crippen LogP contribution is -2.26. The fourth-order valence-corrected chi connectivity index (χ4v) is 4.20. The molecule has 0 spiro atoms. The number of carbonyl (C=O) groups is 4. The van der Waals surface area contributed by atoms with Crippen LogP contribution >= 0.6 is 27.5 Å². The van der Waals surface area contributed by atoms with Crippen LogP contribution in [-0.4, -0.2) is 28.5 Å². The minimum Gasteiger partial charge on any atom is -0.478 e. The molecule has 0 fully saturated rings. The van der Waals surface area contributed by atoms with E-state index in [4.69, 9.17) is 11.6 Å². The van der Waals surface area contributed by atoms with E-state index in [0.29, 0.717) is 0 Å². The maximum absolute atomic E-state index is 13.2. The number of aromatic carboxylic acids is 1. The van der Waals surface area contributed by atoms with E-state index >= 15 is 0 Å². The van der Waals surface area contributed by atoms with Crippen LogP contribution in [0.5, 0.6) is 0 Å². The Morgan fingerprint density at radius 1 is 0.867 bits per heavy atom. The van der Waals surface area contributed by atoms with E-state index < -0.39 is 23.4 Å². The van der Waals surface area contributed by atoms with Crippen LogP contribution in [0.1, 0.15) is 52.6 Å². The Morgan fingerprint density at radius 3 is 2.03 bits per heavy atom. The Morgan fingerprint density at radius 2 is 1.43 bits per heavy atom. The van der Waals surface area contributed by atoms with Gasteiger partial charge in [-0.25, -0.2) is 4.79 Å². The molecule has 0 saturated heterocycles. The van der Waals surface area contributed by atoms with Crippen LogP contribution in [0.4, 0.5) is 5.69 Å². The van der Waals surface area contributed by atoms with E-state index in [-0.39, 0.29) is 48.6 Å². The lowest BCUT2D eigenvalue weighted by atomic mass is 9.82. The molecule has 1 aliphatic rings. The lowest BCUT2D eigenvalue weighted by Gasteiger charge is -2.23. The summed E-state index contributed by atoms with van der Waals surface area (Å²) in [5.74, 6) is -3.07. The summed E-state index contributed by atoms with van der Waals surface area (Å²) in [6.45, 7) is 0. The molecule has 3 aromatic carbocycles. The molecular formula is C22H11BrClNO5. The van der Waals surface area contributed by atoms with Crippen molar-refractivity contribution in [1.82, 2.24) is 0 Å². The Labute approximate surface area is 183 Å². The van der Waals surface area contributed by atoms with Crippen LogP contribution in [0.15, 0.2) is 59.1 Å². The smallest absolute Gasteiger partial charge is 0.337 e. The predicted molar refractivity (Wildman–Crippen MR) is 114 cm³/mol. The van der Waals surface area contributed by atoms with Gasteiger partial charge in [0.1, 0.15) is 0 Å². The largest absolute Gasteiger partial charge is 0.478 e. The molecule has 0 heterocycles. The summed E-state index contributed by atoms with van der Waals surface area (Å²) >= 11 is 9.28. The van der Waals surface area contributed by atoms with E-state index in [9.17, 15) is 24.3 Å². The van der Waals surface area contributed by atoms with Gasteiger partial charge in [-0.2, -0.15) is 0 Å². The maximum Gasteiger partial charge on any atom is 0.337 e. The summed E-state index contributed by atoms with van der Waals surface area (Å²) < 4.78 is 0.151. The molecule has 6 nitrogen and oxygen atoms in total. The Balaban J connectivity index is 1.96. The number of carbonyl (C=O) groups excluding carboxylic acids is 3. The lowest BCUT2D eigenvalue weighted by molar-refractivity contribution is 0.0697. The van der Waals surface area contributed by atoms with E-state index in [1.54, 1.807) is 24.3 Å². The molecule has 1 amide bonds. The number of rotatable bonds is 3. The Kier molecular flexibility index (Phi) is 5.01. The van der Waals surface area contributed by atoms with Crippen molar-refractivity contribution in [1.29, 1.82) is 0 Å². The normalized spacial score (nSPS) is 12.2. The number of ketones is 2. The summed E-state index contributed by atoms with van der Waals surface area (Å²) in [6, 6.07) is 13.7. The van der Waals surface area contributed by atoms with E-state index in [0.717, 1.165) is 0 Å². The number of carboxylic acids is 1. The van der Waals surface area contributed by atoms with Crippen molar-refractivity contribution >= 4 is 56.7 Å². The average Bonchev–Trinajstić information content (AvgIpc) is 2.72. The van der Waals surface area contributed by atoms with Crippen molar-refractivity contribution in [2.24, 2.45) is 0 Å². The fourth-order valence-electron chi connectivity index (χ4n) is 3.37. The highest BCUT2D eigenvalue weighted by atomic mass is 79.9. The number of benzene rings is 3. The Hall–Kier alpha value is -3.29.